The fourth-order valence-electron chi connectivity index (χ4n) is 3.25. The van der Waals surface area contributed by atoms with Gasteiger partial charge < -0.3 is 15.0 Å². The van der Waals surface area contributed by atoms with Crippen LogP contribution in [-0.2, 0) is 11.3 Å². The molecule has 0 bridgehead atoms. The van der Waals surface area contributed by atoms with Gasteiger partial charge in [-0.25, -0.2) is 0 Å². The summed E-state index contributed by atoms with van der Waals surface area (Å²) in [5, 5.41) is 5.21. The maximum absolute atomic E-state index is 12.6. The van der Waals surface area contributed by atoms with Crippen LogP contribution >= 0.6 is 0 Å². The molecule has 0 heterocycles. The third-order valence-corrected chi connectivity index (χ3v) is 5.29. The van der Waals surface area contributed by atoms with Gasteiger partial charge in [-0.05, 0) is 67.1 Å². The lowest BCUT2D eigenvalue weighted by Crippen LogP contribution is -3.12. The first-order valence-corrected chi connectivity index (χ1v) is 9.68. The van der Waals surface area contributed by atoms with Crippen molar-refractivity contribution >= 4 is 28.2 Å². The summed E-state index contributed by atoms with van der Waals surface area (Å²) >= 11 is 0. The predicted molar refractivity (Wildman–Crippen MR) is 116 cm³/mol. The van der Waals surface area contributed by atoms with Crippen LogP contribution in [0.3, 0.4) is 0 Å². The number of likely N-dealkylation sites (N-methyl/N-ethyl adjacent to an activating group) is 1. The minimum Gasteiger partial charge on any atom is -0.497 e. The topological polar surface area (TPSA) is 59.8 Å². The predicted octanol–water partition coefficient (Wildman–Crippen LogP) is 3.09. The molecule has 0 aromatic heterocycles. The van der Waals surface area contributed by atoms with E-state index in [2.05, 4.69) is 23.5 Å². The first-order valence-electron chi connectivity index (χ1n) is 9.68. The molecule has 150 valence electrons. The van der Waals surface area contributed by atoms with E-state index in [1.54, 1.807) is 31.4 Å². The molecule has 5 nitrogen and oxygen atoms in total. The van der Waals surface area contributed by atoms with Crippen molar-refractivity contribution in [3.8, 4) is 5.75 Å². The molecule has 3 rings (SSSR count). The van der Waals surface area contributed by atoms with E-state index < -0.39 is 0 Å². The Morgan fingerprint density at radius 1 is 1.00 bits per heavy atom. The van der Waals surface area contributed by atoms with E-state index in [-0.39, 0.29) is 17.7 Å². The molecule has 0 aliphatic rings. The van der Waals surface area contributed by atoms with Gasteiger partial charge in [0.2, 0.25) is 0 Å². The zero-order chi connectivity index (χ0) is 21.0. The highest BCUT2D eigenvalue weighted by Gasteiger charge is 2.22. The summed E-state index contributed by atoms with van der Waals surface area (Å²) in [7, 11) is 3.68. The number of nitrogens with one attached hydrogen (secondary N) is 2. The van der Waals surface area contributed by atoms with Crippen LogP contribution in [0.1, 0.15) is 29.8 Å². The molecule has 3 aromatic rings. The minimum atomic E-state index is -0.228. The molecular weight excluding hydrogens is 364 g/mol. The van der Waals surface area contributed by atoms with Gasteiger partial charge in [-0.3, -0.25) is 9.59 Å². The van der Waals surface area contributed by atoms with Crippen molar-refractivity contribution in [2.24, 2.45) is 0 Å². The summed E-state index contributed by atoms with van der Waals surface area (Å²) in [6, 6.07) is 19.1. The van der Waals surface area contributed by atoms with Crippen LogP contribution < -0.4 is 15.0 Å². The van der Waals surface area contributed by atoms with Crippen LogP contribution in [0, 0.1) is 0 Å². The lowest BCUT2D eigenvalue weighted by molar-refractivity contribution is -0.907. The molecule has 0 aliphatic heterocycles. The summed E-state index contributed by atoms with van der Waals surface area (Å²) in [6.07, 6.45) is 0. The number of quaternary nitrogens is 1. The maximum atomic E-state index is 12.6. The van der Waals surface area contributed by atoms with Gasteiger partial charge >= 0.3 is 0 Å². The molecule has 0 aliphatic carbocycles. The summed E-state index contributed by atoms with van der Waals surface area (Å²) in [5.74, 6) is 0.799. The van der Waals surface area contributed by atoms with Crippen LogP contribution in [-0.4, -0.2) is 31.9 Å². The largest absolute Gasteiger partial charge is 0.497 e. The molecule has 1 amide bonds. The van der Waals surface area contributed by atoms with Crippen LogP contribution in [0.5, 0.6) is 5.75 Å². The zero-order valence-electron chi connectivity index (χ0n) is 17.3. The van der Waals surface area contributed by atoms with Crippen molar-refractivity contribution < 1.29 is 19.2 Å². The third kappa shape index (κ3) is 5.00. The van der Waals surface area contributed by atoms with E-state index in [4.69, 9.17) is 4.74 Å². The number of ketones is 1. The monoisotopic (exact) mass is 391 g/mol. The van der Waals surface area contributed by atoms with Crippen molar-refractivity contribution in [1.82, 2.24) is 0 Å². The number of amides is 1. The lowest BCUT2D eigenvalue weighted by Gasteiger charge is -2.21. The van der Waals surface area contributed by atoms with Gasteiger partial charge in [-0.15, -0.1) is 0 Å². The molecule has 1 unspecified atom stereocenters. The summed E-state index contributed by atoms with van der Waals surface area (Å²) in [4.78, 5) is 25.1. The number of hydrogen-bond donors (Lipinski definition) is 2. The summed E-state index contributed by atoms with van der Waals surface area (Å²) in [5.41, 5.74) is 2.50. The SMILES string of the molecule is COc1ccc2cc(C[NH+](C)[C@H](C)C(=O)Nc3ccc(C(C)=O)cc3)ccc2c1. The van der Waals surface area contributed by atoms with Gasteiger partial charge in [-0.1, -0.05) is 18.2 Å². The second-order valence-corrected chi connectivity index (χ2v) is 7.42. The van der Waals surface area contributed by atoms with Gasteiger partial charge in [0, 0.05) is 16.8 Å². The average Bonchev–Trinajstić information content (AvgIpc) is 2.73. The van der Waals surface area contributed by atoms with E-state index in [1.807, 2.05) is 32.2 Å². The van der Waals surface area contributed by atoms with Crippen molar-refractivity contribution in [3.05, 3.63) is 71.8 Å². The zero-order valence-corrected chi connectivity index (χ0v) is 17.3. The van der Waals surface area contributed by atoms with E-state index >= 15 is 0 Å². The van der Waals surface area contributed by atoms with Crippen LogP contribution in [0.25, 0.3) is 10.8 Å². The number of fused-ring (bicyclic) bond motifs is 1. The van der Waals surface area contributed by atoms with Gasteiger partial charge in [0.1, 0.15) is 12.3 Å². The quantitative estimate of drug-likeness (QED) is 0.609. The fraction of sp³-hybridized carbons (Fsp3) is 0.250. The van der Waals surface area contributed by atoms with Gasteiger partial charge in [0.25, 0.3) is 5.91 Å². The third-order valence-electron chi connectivity index (χ3n) is 5.29. The number of anilines is 1. The maximum Gasteiger partial charge on any atom is 0.282 e. The fourth-order valence-corrected chi connectivity index (χ4v) is 3.25. The molecule has 0 spiro atoms. The molecule has 2 atom stereocenters. The Morgan fingerprint density at radius 2 is 1.66 bits per heavy atom. The molecular formula is C24H27N2O3+. The smallest absolute Gasteiger partial charge is 0.282 e. The summed E-state index contributed by atoms with van der Waals surface area (Å²) < 4.78 is 5.28. The second kappa shape index (κ2) is 8.88. The number of Topliss-reactive ketones (excluding diaryl/α,β-unsaturated/α-hetero) is 1. The highest BCUT2D eigenvalue weighted by Crippen LogP contribution is 2.21. The van der Waals surface area contributed by atoms with Gasteiger partial charge in [-0.2, -0.15) is 0 Å². The Bertz CT molecular complexity index is 1030. The van der Waals surface area contributed by atoms with E-state index in [9.17, 15) is 9.59 Å². The Morgan fingerprint density at radius 3 is 2.31 bits per heavy atom. The average molecular weight is 391 g/mol. The Balaban J connectivity index is 1.64. The van der Waals surface area contributed by atoms with Crippen LogP contribution in [0.4, 0.5) is 5.69 Å². The van der Waals surface area contributed by atoms with E-state index in [0.717, 1.165) is 28.0 Å². The van der Waals surface area contributed by atoms with E-state index in [1.165, 1.54) is 12.5 Å². The number of methoxy groups -OCH3 is 1. The van der Waals surface area contributed by atoms with Gasteiger partial charge in [0.15, 0.2) is 11.8 Å². The number of carbonyl (C=O) groups is 2. The number of hydrogen-bond acceptors (Lipinski definition) is 3. The first kappa shape index (κ1) is 20.6. The number of ether oxygens (including phenoxy) is 1. The Hall–Kier alpha value is -3.18. The van der Waals surface area contributed by atoms with Crippen molar-refractivity contribution in [2.45, 2.75) is 26.4 Å². The first-order chi connectivity index (χ1) is 13.9. The molecule has 0 radical (unpaired) electrons. The number of carbonyl (C=O) groups excluding carboxylic acids is 2. The molecule has 2 N–H and O–H groups in total. The molecule has 3 aromatic carbocycles. The van der Waals surface area contributed by atoms with Crippen molar-refractivity contribution in [3.63, 3.8) is 0 Å². The summed E-state index contributed by atoms with van der Waals surface area (Å²) in [6.45, 7) is 4.18. The molecule has 0 saturated carbocycles. The van der Waals surface area contributed by atoms with E-state index in [0.29, 0.717) is 11.3 Å². The standard InChI is InChI=1S/C24H26N2O3/c1-16(24(28)25-22-10-7-19(8-11-22)17(2)27)26(3)15-18-5-6-21-14-23(29-4)12-9-20(21)13-18/h5-14,16H,15H2,1-4H3,(H,25,28)/p+1/t16-/m1/s1. The highest BCUT2D eigenvalue weighted by molar-refractivity contribution is 5.96. The van der Waals surface area contributed by atoms with Crippen molar-refractivity contribution in [1.29, 1.82) is 0 Å². The van der Waals surface area contributed by atoms with Crippen LogP contribution in [0.2, 0.25) is 0 Å². The number of rotatable bonds is 7. The van der Waals surface area contributed by atoms with Crippen LogP contribution in [0.15, 0.2) is 60.7 Å². The molecule has 29 heavy (non-hydrogen) atoms. The molecule has 0 fully saturated rings. The molecule has 0 saturated heterocycles. The molecule has 5 heteroatoms. The number of benzene rings is 3. The Kier molecular flexibility index (Phi) is 6.29. The lowest BCUT2D eigenvalue weighted by atomic mass is 10.1. The Labute approximate surface area is 171 Å². The van der Waals surface area contributed by atoms with Crippen molar-refractivity contribution in [2.75, 3.05) is 19.5 Å². The minimum absolute atomic E-state index is 0.00857. The normalized spacial score (nSPS) is 13.0. The second-order valence-electron chi connectivity index (χ2n) is 7.42. The highest BCUT2D eigenvalue weighted by atomic mass is 16.5. The van der Waals surface area contributed by atoms with Gasteiger partial charge in [0.05, 0.1) is 14.2 Å².